The van der Waals surface area contributed by atoms with Crippen molar-refractivity contribution in [2.45, 2.75) is 26.3 Å². The van der Waals surface area contributed by atoms with Gasteiger partial charge in [-0.1, -0.05) is 6.92 Å². The number of rotatable bonds is 4. The molecule has 0 spiro atoms. The quantitative estimate of drug-likeness (QED) is 0.855. The first kappa shape index (κ1) is 10.7. The minimum Gasteiger partial charge on any atom is -0.463 e. The largest absolute Gasteiger partial charge is 0.463 e. The molecule has 0 aromatic carbocycles. The van der Waals surface area contributed by atoms with E-state index in [0.717, 1.165) is 23.7 Å². The highest BCUT2D eigenvalue weighted by Crippen LogP contribution is 2.19. The van der Waals surface area contributed by atoms with E-state index in [1.807, 2.05) is 18.2 Å². The van der Waals surface area contributed by atoms with E-state index in [1.54, 1.807) is 12.6 Å². The molecule has 84 valence electrons. The van der Waals surface area contributed by atoms with Gasteiger partial charge in [-0.05, 0) is 25.5 Å². The van der Waals surface area contributed by atoms with Crippen LogP contribution in [-0.2, 0) is 0 Å². The van der Waals surface area contributed by atoms with Gasteiger partial charge in [0.2, 0.25) is 0 Å². The van der Waals surface area contributed by atoms with Crippen LogP contribution in [0.25, 0.3) is 11.5 Å². The Morgan fingerprint density at radius 1 is 1.44 bits per heavy atom. The molecule has 2 rings (SSSR count). The van der Waals surface area contributed by atoms with Crippen LogP contribution in [0, 0.1) is 0 Å². The first-order valence-electron chi connectivity index (χ1n) is 5.42. The number of hydrogen-bond acceptors (Lipinski definition) is 4. The minimum atomic E-state index is 0.402. The van der Waals surface area contributed by atoms with Crippen molar-refractivity contribution in [3.05, 3.63) is 30.8 Å². The van der Waals surface area contributed by atoms with Gasteiger partial charge in [0.1, 0.15) is 17.8 Å². The van der Waals surface area contributed by atoms with Gasteiger partial charge in [0.15, 0.2) is 5.76 Å². The second kappa shape index (κ2) is 4.79. The van der Waals surface area contributed by atoms with Crippen molar-refractivity contribution >= 4 is 5.82 Å². The minimum absolute atomic E-state index is 0.402. The summed E-state index contributed by atoms with van der Waals surface area (Å²) in [6.45, 7) is 4.25. The van der Waals surface area contributed by atoms with E-state index in [9.17, 15) is 0 Å². The highest BCUT2D eigenvalue weighted by Gasteiger charge is 2.05. The molecule has 4 heteroatoms. The summed E-state index contributed by atoms with van der Waals surface area (Å²) in [6, 6.07) is 6.03. The number of anilines is 1. The first-order chi connectivity index (χ1) is 7.79. The fourth-order valence-electron chi connectivity index (χ4n) is 1.35. The Hall–Kier alpha value is -1.84. The average molecular weight is 217 g/mol. The highest BCUT2D eigenvalue weighted by molar-refractivity contribution is 5.56. The lowest BCUT2D eigenvalue weighted by Gasteiger charge is -2.11. The SMILES string of the molecule is CCC(C)Nc1cc(-c2ccco2)ncn1. The molecular formula is C12H15N3O. The fraction of sp³-hybridized carbons (Fsp3) is 0.333. The Labute approximate surface area is 94.7 Å². The van der Waals surface area contributed by atoms with E-state index in [2.05, 4.69) is 29.1 Å². The van der Waals surface area contributed by atoms with Crippen LogP contribution in [0.2, 0.25) is 0 Å². The van der Waals surface area contributed by atoms with E-state index in [-0.39, 0.29) is 0 Å². The molecule has 2 aromatic rings. The first-order valence-corrected chi connectivity index (χ1v) is 5.42. The normalized spacial score (nSPS) is 12.4. The van der Waals surface area contributed by atoms with Gasteiger partial charge in [0.05, 0.1) is 6.26 Å². The second-order valence-corrected chi connectivity index (χ2v) is 3.72. The Bertz CT molecular complexity index is 439. The molecule has 0 bridgehead atoms. The third-order valence-corrected chi connectivity index (χ3v) is 2.45. The zero-order valence-corrected chi connectivity index (χ0v) is 9.47. The predicted octanol–water partition coefficient (Wildman–Crippen LogP) is 2.95. The fourth-order valence-corrected chi connectivity index (χ4v) is 1.35. The Balaban J connectivity index is 2.20. The van der Waals surface area contributed by atoms with Crippen molar-refractivity contribution in [1.82, 2.24) is 9.97 Å². The summed E-state index contributed by atoms with van der Waals surface area (Å²) in [5.74, 6) is 1.59. The number of furan rings is 1. The van der Waals surface area contributed by atoms with Gasteiger partial charge in [-0.2, -0.15) is 0 Å². The molecule has 0 radical (unpaired) electrons. The molecule has 0 aliphatic heterocycles. The highest BCUT2D eigenvalue weighted by atomic mass is 16.3. The van der Waals surface area contributed by atoms with Gasteiger partial charge in [-0.25, -0.2) is 9.97 Å². The third-order valence-electron chi connectivity index (χ3n) is 2.45. The molecule has 1 unspecified atom stereocenters. The van der Waals surface area contributed by atoms with Gasteiger partial charge in [-0.15, -0.1) is 0 Å². The van der Waals surface area contributed by atoms with Crippen molar-refractivity contribution in [1.29, 1.82) is 0 Å². The van der Waals surface area contributed by atoms with Crippen LogP contribution in [0.5, 0.6) is 0 Å². The molecule has 1 atom stereocenters. The van der Waals surface area contributed by atoms with E-state index in [0.29, 0.717) is 6.04 Å². The van der Waals surface area contributed by atoms with Crippen molar-refractivity contribution in [2.24, 2.45) is 0 Å². The summed E-state index contributed by atoms with van der Waals surface area (Å²) < 4.78 is 5.29. The molecule has 16 heavy (non-hydrogen) atoms. The Morgan fingerprint density at radius 3 is 3.00 bits per heavy atom. The maximum Gasteiger partial charge on any atom is 0.152 e. The van der Waals surface area contributed by atoms with Crippen molar-refractivity contribution < 1.29 is 4.42 Å². The van der Waals surface area contributed by atoms with Gasteiger partial charge >= 0.3 is 0 Å². The van der Waals surface area contributed by atoms with Crippen LogP contribution in [0.1, 0.15) is 20.3 Å². The Morgan fingerprint density at radius 2 is 2.31 bits per heavy atom. The van der Waals surface area contributed by atoms with Crippen LogP contribution in [0.3, 0.4) is 0 Å². The van der Waals surface area contributed by atoms with Crippen LogP contribution < -0.4 is 5.32 Å². The van der Waals surface area contributed by atoms with E-state index in [1.165, 1.54) is 0 Å². The van der Waals surface area contributed by atoms with E-state index >= 15 is 0 Å². The lowest BCUT2D eigenvalue weighted by atomic mass is 10.2. The lowest BCUT2D eigenvalue weighted by molar-refractivity contribution is 0.580. The summed E-state index contributed by atoms with van der Waals surface area (Å²) in [4.78, 5) is 8.34. The number of hydrogen-bond donors (Lipinski definition) is 1. The summed E-state index contributed by atoms with van der Waals surface area (Å²) in [5.41, 5.74) is 0.797. The number of aromatic nitrogens is 2. The van der Waals surface area contributed by atoms with Crippen LogP contribution in [0.15, 0.2) is 35.2 Å². The molecule has 2 heterocycles. The van der Waals surface area contributed by atoms with Crippen molar-refractivity contribution in [2.75, 3.05) is 5.32 Å². The monoisotopic (exact) mass is 217 g/mol. The van der Waals surface area contributed by atoms with E-state index in [4.69, 9.17) is 4.42 Å². The van der Waals surface area contributed by atoms with Crippen molar-refractivity contribution in [3.8, 4) is 11.5 Å². The molecule has 0 aliphatic carbocycles. The van der Waals surface area contributed by atoms with Crippen LogP contribution in [0.4, 0.5) is 5.82 Å². The van der Waals surface area contributed by atoms with Crippen LogP contribution in [-0.4, -0.2) is 16.0 Å². The smallest absolute Gasteiger partial charge is 0.152 e. The van der Waals surface area contributed by atoms with Gasteiger partial charge in [0, 0.05) is 12.1 Å². The predicted molar refractivity (Wildman–Crippen MR) is 63.1 cm³/mol. The maximum absolute atomic E-state index is 5.29. The average Bonchev–Trinajstić information content (AvgIpc) is 2.83. The lowest BCUT2D eigenvalue weighted by Crippen LogP contribution is -2.14. The Kier molecular flexibility index (Phi) is 3.19. The molecule has 2 aromatic heterocycles. The number of nitrogens with zero attached hydrogens (tertiary/aromatic N) is 2. The topological polar surface area (TPSA) is 51.0 Å². The molecule has 1 N–H and O–H groups in total. The maximum atomic E-state index is 5.29. The summed E-state index contributed by atoms with van der Waals surface area (Å²) in [7, 11) is 0. The standard InChI is InChI=1S/C12H15N3O/c1-3-9(2)15-12-7-10(13-8-14-12)11-5-4-6-16-11/h4-9H,3H2,1-2H3,(H,13,14,15). The molecule has 0 saturated carbocycles. The number of nitrogens with one attached hydrogen (secondary N) is 1. The molecule has 0 amide bonds. The second-order valence-electron chi connectivity index (χ2n) is 3.72. The molecule has 0 aliphatic rings. The zero-order valence-electron chi connectivity index (χ0n) is 9.47. The summed E-state index contributed by atoms with van der Waals surface area (Å²) in [5, 5.41) is 3.30. The third kappa shape index (κ3) is 2.39. The molecule has 4 nitrogen and oxygen atoms in total. The molecule has 0 saturated heterocycles. The van der Waals surface area contributed by atoms with Gasteiger partial charge in [-0.3, -0.25) is 0 Å². The van der Waals surface area contributed by atoms with Gasteiger partial charge in [0.25, 0.3) is 0 Å². The molecular weight excluding hydrogens is 202 g/mol. The van der Waals surface area contributed by atoms with Crippen LogP contribution >= 0.6 is 0 Å². The summed E-state index contributed by atoms with van der Waals surface area (Å²) in [6.07, 6.45) is 4.24. The molecule has 0 fully saturated rings. The summed E-state index contributed by atoms with van der Waals surface area (Å²) >= 11 is 0. The van der Waals surface area contributed by atoms with E-state index < -0.39 is 0 Å². The van der Waals surface area contributed by atoms with Crippen molar-refractivity contribution in [3.63, 3.8) is 0 Å². The zero-order chi connectivity index (χ0) is 11.4. The van der Waals surface area contributed by atoms with Gasteiger partial charge < -0.3 is 9.73 Å².